The average Bonchev–Trinajstić information content (AvgIpc) is 2.89. The minimum atomic E-state index is -3.93. The van der Waals surface area contributed by atoms with Crippen LogP contribution in [0.1, 0.15) is 10.4 Å². The van der Waals surface area contributed by atoms with Gasteiger partial charge in [-0.2, -0.15) is 0 Å². The molecule has 1 heterocycles. The van der Waals surface area contributed by atoms with Crippen molar-refractivity contribution < 1.29 is 23.1 Å². The van der Waals surface area contributed by atoms with Crippen molar-refractivity contribution in [1.29, 1.82) is 0 Å². The standard InChI is InChI=1S/C11H11N3O5S/c1-19-9-3-2-7(6-8(9)10(15)16)20(17,18)14-11-12-4-5-13-11/h2-6H,1H3,(H,15,16)(H2,12,13,14). The van der Waals surface area contributed by atoms with E-state index in [1.807, 2.05) is 0 Å². The normalized spacial score (nSPS) is 11.1. The number of ether oxygens (including phenoxy) is 1. The molecule has 0 amide bonds. The second-order valence-electron chi connectivity index (χ2n) is 3.71. The molecule has 0 saturated carbocycles. The molecule has 0 spiro atoms. The van der Waals surface area contributed by atoms with Gasteiger partial charge in [-0.3, -0.25) is 0 Å². The van der Waals surface area contributed by atoms with E-state index < -0.39 is 16.0 Å². The summed E-state index contributed by atoms with van der Waals surface area (Å²) in [5.74, 6) is -1.16. The quantitative estimate of drug-likeness (QED) is 0.754. The van der Waals surface area contributed by atoms with E-state index in [9.17, 15) is 13.2 Å². The molecule has 0 radical (unpaired) electrons. The number of rotatable bonds is 5. The monoisotopic (exact) mass is 297 g/mol. The smallest absolute Gasteiger partial charge is 0.339 e. The van der Waals surface area contributed by atoms with Gasteiger partial charge >= 0.3 is 5.97 Å². The van der Waals surface area contributed by atoms with E-state index in [4.69, 9.17) is 9.84 Å². The summed E-state index contributed by atoms with van der Waals surface area (Å²) in [4.78, 5) is 17.2. The minimum Gasteiger partial charge on any atom is -0.496 e. The van der Waals surface area contributed by atoms with Crippen LogP contribution in [0, 0.1) is 0 Å². The molecule has 106 valence electrons. The summed E-state index contributed by atoms with van der Waals surface area (Å²) in [7, 11) is -2.62. The van der Waals surface area contributed by atoms with Gasteiger partial charge in [-0.25, -0.2) is 22.9 Å². The fourth-order valence-corrected chi connectivity index (χ4v) is 2.53. The minimum absolute atomic E-state index is 0.0395. The van der Waals surface area contributed by atoms with Crippen LogP contribution in [0.5, 0.6) is 5.75 Å². The Kier molecular flexibility index (Phi) is 3.61. The number of methoxy groups -OCH3 is 1. The molecule has 9 heteroatoms. The van der Waals surface area contributed by atoms with Crippen molar-refractivity contribution in [3.8, 4) is 5.75 Å². The predicted octanol–water partition coefficient (Wildman–Crippen LogP) is 0.917. The molecule has 1 aromatic carbocycles. The van der Waals surface area contributed by atoms with Crippen LogP contribution in [0.3, 0.4) is 0 Å². The van der Waals surface area contributed by atoms with Gasteiger partial charge in [0.25, 0.3) is 10.0 Å². The molecule has 20 heavy (non-hydrogen) atoms. The van der Waals surface area contributed by atoms with Gasteiger partial charge in [0.15, 0.2) is 0 Å². The van der Waals surface area contributed by atoms with E-state index in [0.717, 1.165) is 6.07 Å². The van der Waals surface area contributed by atoms with Crippen molar-refractivity contribution in [3.05, 3.63) is 36.2 Å². The first-order valence-corrected chi connectivity index (χ1v) is 6.86. The number of benzene rings is 1. The molecule has 0 bridgehead atoms. The van der Waals surface area contributed by atoms with Crippen molar-refractivity contribution in [1.82, 2.24) is 9.97 Å². The predicted molar refractivity (Wildman–Crippen MR) is 69.3 cm³/mol. The molecule has 1 aromatic heterocycles. The molecule has 0 aliphatic heterocycles. The van der Waals surface area contributed by atoms with Crippen LogP contribution in [-0.2, 0) is 10.0 Å². The number of hydrogen-bond acceptors (Lipinski definition) is 5. The number of anilines is 1. The van der Waals surface area contributed by atoms with Crippen molar-refractivity contribution >= 4 is 21.9 Å². The highest BCUT2D eigenvalue weighted by Gasteiger charge is 2.20. The van der Waals surface area contributed by atoms with Crippen LogP contribution in [0.15, 0.2) is 35.5 Å². The third-order valence-corrected chi connectivity index (χ3v) is 3.78. The number of aromatic amines is 1. The molecule has 0 aliphatic rings. The molecule has 2 aromatic rings. The van der Waals surface area contributed by atoms with Gasteiger partial charge in [-0.1, -0.05) is 0 Å². The summed E-state index contributed by atoms with van der Waals surface area (Å²) in [6.45, 7) is 0. The maximum Gasteiger partial charge on any atom is 0.339 e. The number of aromatic carboxylic acids is 1. The van der Waals surface area contributed by atoms with Crippen molar-refractivity contribution in [2.45, 2.75) is 4.90 Å². The molecule has 0 aliphatic carbocycles. The van der Waals surface area contributed by atoms with E-state index in [-0.39, 0.29) is 22.2 Å². The van der Waals surface area contributed by atoms with E-state index in [1.165, 1.54) is 31.6 Å². The van der Waals surface area contributed by atoms with Crippen LogP contribution in [0.2, 0.25) is 0 Å². The summed E-state index contributed by atoms with van der Waals surface area (Å²) < 4.78 is 31.2. The summed E-state index contributed by atoms with van der Waals surface area (Å²) in [5, 5.41) is 9.03. The maximum atomic E-state index is 12.1. The second-order valence-corrected chi connectivity index (χ2v) is 5.39. The molecule has 0 atom stereocenters. The number of carbonyl (C=O) groups is 1. The highest BCUT2D eigenvalue weighted by Crippen LogP contribution is 2.23. The zero-order valence-corrected chi connectivity index (χ0v) is 11.1. The fraction of sp³-hybridized carbons (Fsp3) is 0.0909. The fourth-order valence-electron chi connectivity index (χ4n) is 1.53. The highest BCUT2D eigenvalue weighted by atomic mass is 32.2. The number of H-pyrrole nitrogens is 1. The summed E-state index contributed by atoms with van der Waals surface area (Å²) >= 11 is 0. The molecule has 0 saturated heterocycles. The SMILES string of the molecule is COc1ccc(S(=O)(=O)Nc2ncc[nH]2)cc1C(=O)O. The van der Waals surface area contributed by atoms with Crippen LogP contribution in [0.4, 0.5) is 5.95 Å². The molecular weight excluding hydrogens is 286 g/mol. The van der Waals surface area contributed by atoms with Crippen molar-refractivity contribution in [3.63, 3.8) is 0 Å². The van der Waals surface area contributed by atoms with Crippen molar-refractivity contribution in [2.75, 3.05) is 11.8 Å². The summed E-state index contributed by atoms with van der Waals surface area (Å²) in [6, 6.07) is 3.54. The van der Waals surface area contributed by atoms with Gasteiger partial charge in [-0.15, -0.1) is 0 Å². The number of carboxylic acid groups (broad SMARTS) is 1. The van der Waals surface area contributed by atoms with Gasteiger partial charge in [0, 0.05) is 12.4 Å². The molecule has 8 nitrogen and oxygen atoms in total. The summed E-state index contributed by atoms with van der Waals surface area (Å²) in [6.07, 6.45) is 2.84. The largest absolute Gasteiger partial charge is 0.496 e. The summed E-state index contributed by atoms with van der Waals surface area (Å²) in [5.41, 5.74) is -0.241. The van der Waals surface area contributed by atoms with Gasteiger partial charge in [0.05, 0.1) is 12.0 Å². The van der Waals surface area contributed by atoms with Gasteiger partial charge in [0.1, 0.15) is 11.3 Å². The highest BCUT2D eigenvalue weighted by molar-refractivity contribution is 7.92. The third kappa shape index (κ3) is 2.72. The van der Waals surface area contributed by atoms with Gasteiger partial charge < -0.3 is 14.8 Å². The Morgan fingerprint density at radius 2 is 2.20 bits per heavy atom. The number of nitrogens with zero attached hydrogens (tertiary/aromatic N) is 1. The Morgan fingerprint density at radius 3 is 2.75 bits per heavy atom. The van der Waals surface area contributed by atoms with Gasteiger partial charge in [-0.05, 0) is 18.2 Å². The van der Waals surface area contributed by atoms with Crippen LogP contribution >= 0.6 is 0 Å². The Bertz CT molecular complexity index is 725. The molecular formula is C11H11N3O5S. The zero-order valence-electron chi connectivity index (χ0n) is 10.3. The zero-order chi connectivity index (χ0) is 14.8. The first-order chi connectivity index (χ1) is 9.44. The van der Waals surface area contributed by atoms with E-state index >= 15 is 0 Å². The maximum absolute atomic E-state index is 12.1. The second kappa shape index (κ2) is 5.21. The first-order valence-electron chi connectivity index (χ1n) is 5.37. The Morgan fingerprint density at radius 1 is 1.45 bits per heavy atom. The van der Waals surface area contributed by atoms with E-state index in [2.05, 4.69) is 14.7 Å². The molecule has 2 rings (SSSR count). The van der Waals surface area contributed by atoms with Gasteiger partial charge in [0.2, 0.25) is 5.95 Å². The lowest BCUT2D eigenvalue weighted by Crippen LogP contribution is -2.15. The topological polar surface area (TPSA) is 121 Å². The lowest BCUT2D eigenvalue weighted by molar-refractivity contribution is 0.0693. The average molecular weight is 297 g/mol. The molecule has 3 N–H and O–H groups in total. The molecule has 0 fully saturated rings. The number of carboxylic acids is 1. The number of nitrogens with one attached hydrogen (secondary N) is 2. The Hall–Kier alpha value is -2.55. The lowest BCUT2D eigenvalue weighted by Gasteiger charge is -2.09. The Labute approximate surface area is 114 Å². The first kappa shape index (κ1) is 13.9. The lowest BCUT2D eigenvalue weighted by atomic mass is 10.2. The molecule has 0 unspecified atom stereocenters. The van der Waals surface area contributed by atoms with Crippen molar-refractivity contribution in [2.24, 2.45) is 0 Å². The number of aromatic nitrogens is 2. The third-order valence-electron chi connectivity index (χ3n) is 2.44. The van der Waals surface area contributed by atoms with Crippen LogP contribution in [-0.4, -0.2) is 36.6 Å². The number of hydrogen-bond donors (Lipinski definition) is 3. The number of sulfonamides is 1. The van der Waals surface area contributed by atoms with E-state index in [1.54, 1.807) is 0 Å². The number of imidazole rings is 1. The van der Waals surface area contributed by atoms with Crippen LogP contribution < -0.4 is 9.46 Å². The Balaban J connectivity index is 2.42. The van der Waals surface area contributed by atoms with Crippen LogP contribution in [0.25, 0.3) is 0 Å². The van der Waals surface area contributed by atoms with E-state index in [0.29, 0.717) is 0 Å².